The van der Waals surface area contributed by atoms with Crippen molar-refractivity contribution in [2.24, 2.45) is 0 Å². The molecule has 8 heteroatoms. The largest absolute Gasteiger partial charge is 0.478 e. The Labute approximate surface area is 189 Å². The fraction of sp³-hybridized carbons (Fsp3) is 0.320. The molecule has 0 atom stereocenters. The van der Waals surface area contributed by atoms with Gasteiger partial charge in [0.2, 0.25) is 5.76 Å². The standard InChI is InChI=1S/C25H24F3NO4/c26-25(27,28)23-21(24(30)31)15-20(33-23)16-29-13-11-19(12-14-29)32-22(17-7-3-1-4-8-17)18-9-5-2-6-10-18/h1-10,15,19,22H,11-14,16H2,(H,30,31). The molecule has 0 spiro atoms. The molecular weight excluding hydrogens is 435 g/mol. The number of likely N-dealkylation sites (tertiary alicyclic amines) is 1. The zero-order valence-corrected chi connectivity index (χ0v) is 17.8. The highest BCUT2D eigenvalue weighted by Crippen LogP contribution is 2.35. The van der Waals surface area contributed by atoms with Crippen molar-refractivity contribution in [3.63, 3.8) is 0 Å². The minimum absolute atomic E-state index is 0.00876. The lowest BCUT2D eigenvalue weighted by atomic mass is 10.00. The lowest BCUT2D eigenvalue weighted by Crippen LogP contribution is -2.37. The number of carboxylic acids is 1. The van der Waals surface area contributed by atoms with Crippen molar-refractivity contribution in [2.45, 2.75) is 37.8 Å². The van der Waals surface area contributed by atoms with Crippen LogP contribution in [0.1, 0.15) is 52.0 Å². The molecule has 1 aromatic heterocycles. The van der Waals surface area contributed by atoms with Crippen LogP contribution >= 0.6 is 0 Å². The van der Waals surface area contributed by atoms with Crippen molar-refractivity contribution in [3.05, 3.63) is 94.9 Å². The molecule has 1 aliphatic heterocycles. The summed E-state index contributed by atoms with van der Waals surface area (Å²) < 4.78 is 50.6. The Morgan fingerprint density at radius 3 is 2.03 bits per heavy atom. The van der Waals surface area contributed by atoms with E-state index >= 15 is 0 Å². The summed E-state index contributed by atoms with van der Waals surface area (Å²) in [5.41, 5.74) is 1.26. The normalized spacial score (nSPS) is 15.8. The van der Waals surface area contributed by atoms with Crippen LogP contribution in [-0.2, 0) is 17.5 Å². The summed E-state index contributed by atoms with van der Waals surface area (Å²) in [5, 5.41) is 9.06. The van der Waals surface area contributed by atoms with Gasteiger partial charge in [-0.05, 0) is 30.0 Å². The van der Waals surface area contributed by atoms with E-state index in [-0.39, 0.29) is 24.5 Å². The van der Waals surface area contributed by atoms with Gasteiger partial charge in [0, 0.05) is 13.1 Å². The van der Waals surface area contributed by atoms with Gasteiger partial charge in [-0.25, -0.2) is 4.79 Å². The summed E-state index contributed by atoms with van der Waals surface area (Å²) in [6.07, 6.45) is -3.66. The lowest BCUT2D eigenvalue weighted by Gasteiger charge is -2.33. The number of aromatic carboxylic acids is 1. The number of ether oxygens (including phenoxy) is 1. The van der Waals surface area contributed by atoms with E-state index < -0.39 is 23.5 Å². The van der Waals surface area contributed by atoms with Crippen LogP contribution in [0.5, 0.6) is 0 Å². The fourth-order valence-electron chi connectivity index (χ4n) is 4.11. The molecule has 0 saturated carbocycles. The van der Waals surface area contributed by atoms with Crippen LogP contribution in [-0.4, -0.2) is 35.2 Å². The third-order valence-electron chi connectivity index (χ3n) is 5.72. The second-order valence-corrected chi connectivity index (χ2v) is 8.07. The number of piperidine rings is 1. The second kappa shape index (κ2) is 9.80. The zero-order chi connectivity index (χ0) is 23.4. The highest BCUT2D eigenvalue weighted by Gasteiger charge is 2.40. The quantitative estimate of drug-likeness (QED) is 0.486. The highest BCUT2D eigenvalue weighted by atomic mass is 19.4. The van der Waals surface area contributed by atoms with Gasteiger partial charge in [0.25, 0.3) is 0 Å². The molecule has 2 heterocycles. The number of benzene rings is 2. The molecule has 0 radical (unpaired) electrons. The Morgan fingerprint density at radius 2 is 1.58 bits per heavy atom. The monoisotopic (exact) mass is 459 g/mol. The first-order chi connectivity index (χ1) is 15.8. The van der Waals surface area contributed by atoms with E-state index in [4.69, 9.17) is 14.3 Å². The van der Waals surface area contributed by atoms with Crippen LogP contribution in [0.3, 0.4) is 0 Å². The third kappa shape index (κ3) is 5.64. The smallest absolute Gasteiger partial charge is 0.450 e. The van der Waals surface area contributed by atoms with E-state index in [0.29, 0.717) is 25.9 Å². The highest BCUT2D eigenvalue weighted by molar-refractivity contribution is 5.89. The van der Waals surface area contributed by atoms with E-state index in [1.165, 1.54) is 0 Å². The molecule has 1 saturated heterocycles. The SMILES string of the molecule is O=C(O)c1cc(CN2CCC(OC(c3ccccc3)c3ccccc3)CC2)oc1C(F)(F)F. The van der Waals surface area contributed by atoms with Gasteiger partial charge in [-0.2, -0.15) is 13.2 Å². The fourth-order valence-corrected chi connectivity index (χ4v) is 4.11. The van der Waals surface area contributed by atoms with Crippen molar-refractivity contribution in [2.75, 3.05) is 13.1 Å². The summed E-state index contributed by atoms with van der Waals surface area (Å²) in [6, 6.07) is 20.9. The summed E-state index contributed by atoms with van der Waals surface area (Å²) in [7, 11) is 0. The molecule has 5 nitrogen and oxygen atoms in total. The Bertz CT molecular complexity index is 1020. The third-order valence-corrected chi connectivity index (χ3v) is 5.72. The maximum absolute atomic E-state index is 13.1. The molecule has 33 heavy (non-hydrogen) atoms. The number of hydrogen-bond donors (Lipinski definition) is 1. The zero-order valence-electron chi connectivity index (χ0n) is 17.8. The van der Waals surface area contributed by atoms with Crippen LogP contribution in [0.15, 0.2) is 71.1 Å². The molecule has 2 aromatic carbocycles. The number of carbonyl (C=O) groups is 1. The molecular formula is C25H24F3NO4. The number of rotatable bonds is 7. The molecule has 0 amide bonds. The number of halogens is 3. The molecule has 1 aliphatic rings. The lowest BCUT2D eigenvalue weighted by molar-refractivity contribution is -0.154. The topological polar surface area (TPSA) is 62.9 Å². The minimum atomic E-state index is -4.85. The van der Waals surface area contributed by atoms with Gasteiger partial charge in [-0.1, -0.05) is 60.7 Å². The van der Waals surface area contributed by atoms with Crippen LogP contribution in [0.25, 0.3) is 0 Å². The van der Waals surface area contributed by atoms with Gasteiger partial charge in [0.05, 0.1) is 12.6 Å². The number of alkyl halides is 3. The van der Waals surface area contributed by atoms with Crippen molar-refractivity contribution in [1.29, 1.82) is 0 Å². The summed E-state index contributed by atoms with van der Waals surface area (Å²) in [4.78, 5) is 13.1. The average molecular weight is 459 g/mol. The molecule has 3 aromatic rings. The number of nitrogens with zero attached hydrogens (tertiary/aromatic N) is 1. The van der Waals surface area contributed by atoms with Gasteiger partial charge >= 0.3 is 12.1 Å². The predicted molar refractivity (Wildman–Crippen MR) is 115 cm³/mol. The van der Waals surface area contributed by atoms with E-state index in [1.54, 1.807) is 0 Å². The van der Waals surface area contributed by atoms with Gasteiger partial charge in [-0.15, -0.1) is 0 Å². The molecule has 0 aliphatic carbocycles. The maximum atomic E-state index is 13.1. The Hall–Kier alpha value is -3.10. The second-order valence-electron chi connectivity index (χ2n) is 8.07. The Morgan fingerprint density at radius 1 is 1.03 bits per heavy atom. The predicted octanol–water partition coefficient (Wildman–Crippen LogP) is 5.77. The van der Waals surface area contributed by atoms with Gasteiger partial charge in [-0.3, -0.25) is 4.90 Å². The van der Waals surface area contributed by atoms with Crippen molar-refractivity contribution in [1.82, 2.24) is 4.90 Å². The first-order valence-corrected chi connectivity index (χ1v) is 10.7. The van der Waals surface area contributed by atoms with Crippen molar-refractivity contribution >= 4 is 5.97 Å². The van der Waals surface area contributed by atoms with Crippen molar-refractivity contribution in [3.8, 4) is 0 Å². The van der Waals surface area contributed by atoms with E-state index in [9.17, 15) is 18.0 Å². The Balaban J connectivity index is 1.40. The minimum Gasteiger partial charge on any atom is -0.478 e. The number of carboxylic acid groups (broad SMARTS) is 1. The molecule has 0 bridgehead atoms. The Kier molecular flexibility index (Phi) is 6.85. The average Bonchev–Trinajstić information content (AvgIpc) is 3.25. The van der Waals surface area contributed by atoms with E-state index in [0.717, 1.165) is 17.2 Å². The van der Waals surface area contributed by atoms with E-state index in [2.05, 4.69) is 0 Å². The number of hydrogen-bond acceptors (Lipinski definition) is 4. The summed E-state index contributed by atoms with van der Waals surface area (Å²) in [5.74, 6) is -3.13. The maximum Gasteiger partial charge on any atom is 0.450 e. The van der Waals surface area contributed by atoms with Gasteiger partial charge in [0.1, 0.15) is 17.4 Å². The van der Waals surface area contributed by atoms with E-state index in [1.807, 2.05) is 65.6 Å². The van der Waals surface area contributed by atoms with Gasteiger partial charge in [0.15, 0.2) is 0 Å². The number of furan rings is 1. The molecule has 0 unspecified atom stereocenters. The molecule has 174 valence electrons. The molecule has 1 fully saturated rings. The van der Waals surface area contributed by atoms with Crippen LogP contribution in [0.4, 0.5) is 13.2 Å². The van der Waals surface area contributed by atoms with Crippen LogP contribution < -0.4 is 0 Å². The van der Waals surface area contributed by atoms with Crippen LogP contribution in [0, 0.1) is 0 Å². The van der Waals surface area contributed by atoms with Crippen molar-refractivity contribution < 1.29 is 32.2 Å². The summed E-state index contributed by atoms with van der Waals surface area (Å²) >= 11 is 0. The van der Waals surface area contributed by atoms with Crippen LogP contribution in [0.2, 0.25) is 0 Å². The molecule has 1 N–H and O–H groups in total. The first kappa shape index (κ1) is 23.1. The molecule has 4 rings (SSSR count). The first-order valence-electron chi connectivity index (χ1n) is 10.7. The summed E-state index contributed by atoms with van der Waals surface area (Å²) in [6.45, 7) is 1.32. The van der Waals surface area contributed by atoms with Gasteiger partial charge < -0.3 is 14.3 Å².